The second-order valence-electron chi connectivity index (χ2n) is 9.17. The predicted molar refractivity (Wildman–Crippen MR) is 133 cm³/mol. The standard InChI is InChI=1S/C25H25ClFN5O5/c26-15-3-8-19(28-12-15)30-25(35)24-23(22-17(37-24)6-7-18(27)29-22)31-20(33)11-14-1-4-16(5-2-14)32-9-10-36-13-21(32)34/h3,6-8,12,14,16H,1-2,4-5,9-11,13H2,(H,31,33)(H,28,30,35). The van der Waals surface area contributed by atoms with Crippen molar-refractivity contribution < 1.29 is 27.9 Å². The van der Waals surface area contributed by atoms with Gasteiger partial charge >= 0.3 is 0 Å². The van der Waals surface area contributed by atoms with Crippen LogP contribution in [0.25, 0.3) is 11.1 Å². The summed E-state index contributed by atoms with van der Waals surface area (Å²) in [4.78, 5) is 47.8. The molecule has 4 heterocycles. The molecular weight excluding hydrogens is 505 g/mol. The van der Waals surface area contributed by atoms with Crippen molar-refractivity contribution >= 4 is 51.9 Å². The minimum atomic E-state index is -0.772. The third-order valence-corrected chi connectivity index (χ3v) is 6.92. The molecular formula is C25H25ClFN5O5. The van der Waals surface area contributed by atoms with Crippen molar-refractivity contribution in [2.45, 2.75) is 38.1 Å². The lowest BCUT2D eigenvalue weighted by Gasteiger charge is -2.38. The number of fused-ring (bicyclic) bond motifs is 1. The zero-order valence-corrected chi connectivity index (χ0v) is 20.6. The normalized spacial score (nSPS) is 20.2. The van der Waals surface area contributed by atoms with E-state index >= 15 is 0 Å². The first-order valence-electron chi connectivity index (χ1n) is 12.1. The number of nitrogens with one attached hydrogen (secondary N) is 2. The Hall–Kier alpha value is -3.57. The van der Waals surface area contributed by atoms with Crippen LogP contribution in [0, 0.1) is 11.9 Å². The highest BCUT2D eigenvalue weighted by Gasteiger charge is 2.32. The van der Waals surface area contributed by atoms with Crippen molar-refractivity contribution in [1.82, 2.24) is 14.9 Å². The Morgan fingerprint density at radius 3 is 2.68 bits per heavy atom. The number of rotatable bonds is 6. The minimum absolute atomic E-state index is 0.00133. The monoisotopic (exact) mass is 529 g/mol. The lowest BCUT2D eigenvalue weighted by atomic mass is 9.83. The van der Waals surface area contributed by atoms with Crippen molar-refractivity contribution in [1.29, 1.82) is 0 Å². The van der Waals surface area contributed by atoms with E-state index in [-0.39, 0.29) is 65.2 Å². The van der Waals surface area contributed by atoms with Crippen LogP contribution in [0.5, 0.6) is 0 Å². The average Bonchev–Trinajstić information content (AvgIpc) is 3.23. The zero-order valence-electron chi connectivity index (χ0n) is 19.8. The number of furan rings is 1. The average molecular weight is 530 g/mol. The molecule has 37 heavy (non-hydrogen) atoms. The van der Waals surface area contributed by atoms with Crippen LogP contribution in [0.2, 0.25) is 5.02 Å². The number of carbonyl (C=O) groups excluding carboxylic acids is 3. The van der Waals surface area contributed by atoms with Crippen LogP contribution in [0.4, 0.5) is 15.9 Å². The molecule has 5 rings (SSSR count). The van der Waals surface area contributed by atoms with Gasteiger partial charge in [0.2, 0.25) is 23.5 Å². The first-order chi connectivity index (χ1) is 17.9. The van der Waals surface area contributed by atoms with E-state index in [0.717, 1.165) is 31.7 Å². The summed E-state index contributed by atoms with van der Waals surface area (Å²) in [5, 5.41) is 5.70. The van der Waals surface area contributed by atoms with Crippen LogP contribution in [0.15, 0.2) is 34.9 Å². The second kappa shape index (κ2) is 10.8. The molecule has 0 aromatic carbocycles. The van der Waals surface area contributed by atoms with Crippen LogP contribution in [0.1, 0.15) is 42.7 Å². The number of pyridine rings is 2. The molecule has 2 aliphatic rings. The van der Waals surface area contributed by atoms with Gasteiger partial charge in [-0.05, 0) is 55.9 Å². The fourth-order valence-electron chi connectivity index (χ4n) is 4.88. The fourth-order valence-corrected chi connectivity index (χ4v) is 4.99. The largest absolute Gasteiger partial charge is 0.447 e. The Bertz CT molecular complexity index is 1320. The SMILES string of the molecule is O=C(CC1CCC(N2CCOCC2=O)CC1)Nc1c(C(=O)Nc2ccc(Cl)cn2)oc2ccc(F)nc12. The Morgan fingerprint density at radius 2 is 1.95 bits per heavy atom. The second-order valence-corrected chi connectivity index (χ2v) is 9.61. The summed E-state index contributed by atoms with van der Waals surface area (Å²) in [5.74, 6) is -1.65. The number of halogens is 2. The van der Waals surface area contributed by atoms with E-state index in [2.05, 4.69) is 20.6 Å². The maximum atomic E-state index is 13.9. The highest BCUT2D eigenvalue weighted by Crippen LogP contribution is 2.33. The first-order valence-corrected chi connectivity index (χ1v) is 12.4. The lowest BCUT2D eigenvalue weighted by Crippen LogP contribution is -2.49. The van der Waals surface area contributed by atoms with Gasteiger partial charge in [-0.3, -0.25) is 14.4 Å². The third kappa shape index (κ3) is 5.72. The molecule has 1 saturated heterocycles. The van der Waals surface area contributed by atoms with Crippen molar-refractivity contribution in [2.24, 2.45) is 5.92 Å². The Balaban J connectivity index is 1.27. The van der Waals surface area contributed by atoms with E-state index in [1.807, 2.05) is 4.90 Å². The number of anilines is 2. The van der Waals surface area contributed by atoms with E-state index in [0.29, 0.717) is 18.2 Å². The summed E-state index contributed by atoms with van der Waals surface area (Å²) in [7, 11) is 0. The summed E-state index contributed by atoms with van der Waals surface area (Å²) in [6, 6.07) is 5.69. The number of hydrogen-bond donors (Lipinski definition) is 2. The summed E-state index contributed by atoms with van der Waals surface area (Å²) < 4.78 is 24.8. The predicted octanol–water partition coefficient (Wildman–Crippen LogP) is 4.01. The molecule has 1 aliphatic carbocycles. The summed E-state index contributed by atoms with van der Waals surface area (Å²) in [6.45, 7) is 1.27. The number of hydrogen-bond acceptors (Lipinski definition) is 7. The molecule has 0 atom stereocenters. The molecule has 0 unspecified atom stereocenters. The van der Waals surface area contributed by atoms with Crippen LogP contribution < -0.4 is 10.6 Å². The maximum absolute atomic E-state index is 13.9. The van der Waals surface area contributed by atoms with Gasteiger partial charge in [-0.2, -0.15) is 4.39 Å². The minimum Gasteiger partial charge on any atom is -0.447 e. The molecule has 2 N–H and O–H groups in total. The number of ether oxygens (including phenoxy) is 1. The van der Waals surface area contributed by atoms with Gasteiger partial charge in [0.1, 0.15) is 23.6 Å². The van der Waals surface area contributed by atoms with Crippen molar-refractivity contribution in [3.05, 3.63) is 47.2 Å². The Morgan fingerprint density at radius 1 is 1.14 bits per heavy atom. The van der Waals surface area contributed by atoms with Crippen LogP contribution in [-0.2, 0) is 14.3 Å². The fraction of sp³-hybridized carbons (Fsp3) is 0.400. The molecule has 1 saturated carbocycles. The molecule has 3 aromatic rings. The van der Waals surface area contributed by atoms with E-state index in [9.17, 15) is 18.8 Å². The molecule has 0 bridgehead atoms. The number of nitrogens with zero attached hydrogens (tertiary/aromatic N) is 3. The number of amides is 3. The Labute approximate surface area is 216 Å². The first kappa shape index (κ1) is 25.1. The zero-order chi connectivity index (χ0) is 25.9. The molecule has 3 amide bonds. The van der Waals surface area contributed by atoms with Gasteiger partial charge < -0.3 is 24.7 Å². The summed E-state index contributed by atoms with van der Waals surface area (Å²) >= 11 is 5.84. The van der Waals surface area contributed by atoms with Gasteiger partial charge in [0.25, 0.3) is 5.91 Å². The maximum Gasteiger partial charge on any atom is 0.294 e. The van der Waals surface area contributed by atoms with Crippen molar-refractivity contribution in [3.8, 4) is 0 Å². The smallest absolute Gasteiger partial charge is 0.294 e. The van der Waals surface area contributed by atoms with E-state index < -0.39 is 11.9 Å². The van der Waals surface area contributed by atoms with Crippen LogP contribution in [-0.4, -0.2) is 58.4 Å². The molecule has 1 aliphatic heterocycles. The third-order valence-electron chi connectivity index (χ3n) is 6.69. The van der Waals surface area contributed by atoms with E-state index in [1.54, 1.807) is 6.07 Å². The molecule has 12 heteroatoms. The molecule has 0 radical (unpaired) electrons. The molecule has 2 fully saturated rings. The molecule has 3 aromatic heterocycles. The Kier molecular flexibility index (Phi) is 7.33. The van der Waals surface area contributed by atoms with Crippen LogP contribution >= 0.6 is 11.6 Å². The van der Waals surface area contributed by atoms with Gasteiger partial charge in [0.15, 0.2) is 5.58 Å². The highest BCUT2D eigenvalue weighted by molar-refractivity contribution is 6.30. The number of aromatic nitrogens is 2. The van der Waals surface area contributed by atoms with E-state index in [1.165, 1.54) is 18.3 Å². The van der Waals surface area contributed by atoms with Gasteiger partial charge in [-0.15, -0.1) is 0 Å². The topological polar surface area (TPSA) is 127 Å². The number of carbonyl (C=O) groups is 3. The molecule has 194 valence electrons. The quantitative estimate of drug-likeness (QED) is 0.462. The summed E-state index contributed by atoms with van der Waals surface area (Å²) in [6.07, 6.45) is 4.79. The van der Waals surface area contributed by atoms with E-state index in [4.69, 9.17) is 20.8 Å². The summed E-state index contributed by atoms with van der Waals surface area (Å²) in [5.41, 5.74) is 0.192. The van der Waals surface area contributed by atoms with Crippen molar-refractivity contribution in [2.75, 3.05) is 30.4 Å². The van der Waals surface area contributed by atoms with Gasteiger partial charge in [-0.1, -0.05) is 11.6 Å². The highest BCUT2D eigenvalue weighted by atomic mass is 35.5. The lowest BCUT2D eigenvalue weighted by molar-refractivity contribution is -0.146. The van der Waals surface area contributed by atoms with Crippen LogP contribution in [0.3, 0.4) is 0 Å². The van der Waals surface area contributed by atoms with Gasteiger partial charge in [0, 0.05) is 25.2 Å². The number of morpholine rings is 1. The molecule has 0 spiro atoms. The van der Waals surface area contributed by atoms with Gasteiger partial charge in [-0.25, -0.2) is 9.97 Å². The van der Waals surface area contributed by atoms with Crippen molar-refractivity contribution in [3.63, 3.8) is 0 Å². The van der Waals surface area contributed by atoms with Gasteiger partial charge in [0.05, 0.1) is 11.6 Å². The molecule has 10 nitrogen and oxygen atoms in total.